The van der Waals surface area contributed by atoms with Gasteiger partial charge in [0.2, 0.25) is 10.1 Å². The average Bonchev–Trinajstić information content (AvgIpc) is 3.69. The highest BCUT2D eigenvalue weighted by Crippen LogP contribution is 2.38. The molecule has 198 valence electrons. The molecule has 1 aromatic carbocycles. The molecule has 0 saturated carbocycles. The second kappa shape index (κ2) is 10.2. The van der Waals surface area contributed by atoms with Gasteiger partial charge in [-0.25, -0.2) is 19.2 Å². The number of aromatic nitrogens is 4. The van der Waals surface area contributed by atoms with E-state index in [4.69, 9.17) is 15.1 Å². The molecule has 0 aliphatic carbocycles. The van der Waals surface area contributed by atoms with E-state index in [2.05, 4.69) is 11.0 Å². The van der Waals surface area contributed by atoms with Crippen molar-refractivity contribution in [2.75, 3.05) is 51.1 Å². The summed E-state index contributed by atoms with van der Waals surface area (Å²) < 4.78 is 15.3. The van der Waals surface area contributed by atoms with Gasteiger partial charge in [0.15, 0.2) is 10.9 Å². The zero-order valence-electron chi connectivity index (χ0n) is 21.8. The van der Waals surface area contributed by atoms with Crippen molar-refractivity contribution in [3.05, 3.63) is 40.7 Å². The molecule has 0 radical (unpaired) electrons. The average molecular weight is 554 g/mol. The number of hydrogen-bond acceptors (Lipinski definition) is 9. The van der Waals surface area contributed by atoms with Crippen molar-refractivity contribution >= 4 is 49.7 Å². The number of benzene rings is 1. The molecule has 3 aromatic heterocycles. The highest BCUT2D eigenvalue weighted by atomic mass is 32.1. The van der Waals surface area contributed by atoms with Gasteiger partial charge in [0.1, 0.15) is 22.5 Å². The summed E-state index contributed by atoms with van der Waals surface area (Å²) in [5.74, 6) is 0.457. The summed E-state index contributed by atoms with van der Waals surface area (Å²) in [6.45, 7) is 3.55. The van der Waals surface area contributed by atoms with E-state index < -0.39 is 0 Å². The summed E-state index contributed by atoms with van der Waals surface area (Å²) in [4.78, 5) is 30.7. The van der Waals surface area contributed by atoms with Crippen LogP contribution in [0.1, 0.15) is 23.9 Å². The lowest BCUT2D eigenvalue weighted by Gasteiger charge is -2.27. The lowest BCUT2D eigenvalue weighted by Crippen LogP contribution is -2.44. The molecule has 1 saturated heterocycles. The number of hydrogen-bond donors (Lipinski definition) is 0. The van der Waals surface area contributed by atoms with Gasteiger partial charge in [-0.1, -0.05) is 29.6 Å². The fraction of sp³-hybridized carbons (Fsp3) is 0.400. The van der Waals surface area contributed by atoms with Crippen LogP contribution in [0.25, 0.3) is 16.2 Å². The van der Waals surface area contributed by atoms with E-state index in [1.807, 2.05) is 30.4 Å². The van der Waals surface area contributed by atoms with E-state index in [0.29, 0.717) is 34.2 Å². The topological polar surface area (TPSA) is 96.9 Å². The lowest BCUT2D eigenvalue weighted by molar-refractivity contribution is 0.167. The monoisotopic (exact) mass is 553 g/mol. The fourth-order valence-corrected chi connectivity index (χ4v) is 6.39. The minimum Gasteiger partial charge on any atom is -0.345 e. The number of urea groups is 1. The minimum absolute atomic E-state index is 0.0116. The molecule has 4 heterocycles. The van der Waals surface area contributed by atoms with Gasteiger partial charge in [0.25, 0.3) is 0 Å². The SMILES string of the molecule is CCc1nc2sc(N3CCC(N(C)C(=O)N(C)C)C3)nn2c1N(C)c1nc(-c2ccc(F)cc2)c(C#N)s1. The van der Waals surface area contributed by atoms with Crippen LogP contribution in [0.3, 0.4) is 0 Å². The first-order valence-electron chi connectivity index (χ1n) is 12.2. The largest absolute Gasteiger partial charge is 0.345 e. The number of fused-ring (bicyclic) bond motifs is 1. The van der Waals surface area contributed by atoms with Crippen LogP contribution >= 0.6 is 22.7 Å². The molecule has 0 spiro atoms. The van der Waals surface area contributed by atoms with Gasteiger partial charge in [-0.2, -0.15) is 9.78 Å². The summed E-state index contributed by atoms with van der Waals surface area (Å²) in [7, 11) is 7.25. The zero-order chi connectivity index (χ0) is 27.1. The maximum Gasteiger partial charge on any atom is 0.319 e. The van der Waals surface area contributed by atoms with Crippen LogP contribution in [0.2, 0.25) is 0 Å². The van der Waals surface area contributed by atoms with Crippen LogP contribution in [-0.4, -0.2) is 82.7 Å². The molecule has 0 N–H and O–H groups in total. The molecule has 1 fully saturated rings. The van der Waals surface area contributed by atoms with E-state index >= 15 is 0 Å². The summed E-state index contributed by atoms with van der Waals surface area (Å²) >= 11 is 2.79. The second-order valence-corrected chi connectivity index (χ2v) is 11.3. The molecule has 2 amide bonds. The van der Waals surface area contributed by atoms with E-state index in [9.17, 15) is 14.4 Å². The van der Waals surface area contributed by atoms with Crippen molar-refractivity contribution in [1.29, 1.82) is 5.26 Å². The molecule has 4 aromatic rings. The summed E-state index contributed by atoms with van der Waals surface area (Å²) in [5.41, 5.74) is 2.09. The number of rotatable bonds is 6. The van der Waals surface area contributed by atoms with Crippen molar-refractivity contribution in [3.63, 3.8) is 0 Å². The normalized spacial score (nSPS) is 15.2. The van der Waals surface area contributed by atoms with Crippen LogP contribution in [0.5, 0.6) is 0 Å². The molecular formula is C25H28FN9OS2. The number of nitrogens with zero attached hydrogens (tertiary/aromatic N) is 9. The molecule has 13 heteroatoms. The van der Waals surface area contributed by atoms with E-state index in [1.54, 1.807) is 36.0 Å². The van der Waals surface area contributed by atoms with Crippen LogP contribution in [0, 0.1) is 17.1 Å². The highest BCUT2D eigenvalue weighted by molar-refractivity contribution is 7.20. The predicted molar refractivity (Wildman–Crippen MR) is 148 cm³/mol. The van der Waals surface area contributed by atoms with Crippen LogP contribution < -0.4 is 9.80 Å². The minimum atomic E-state index is -0.339. The summed E-state index contributed by atoms with van der Waals surface area (Å²) in [5, 5.41) is 16.1. The Kier molecular flexibility index (Phi) is 6.93. The van der Waals surface area contributed by atoms with Crippen molar-refractivity contribution in [2.24, 2.45) is 0 Å². The number of aryl methyl sites for hydroxylation is 1. The number of halogens is 1. The van der Waals surface area contributed by atoms with Gasteiger partial charge in [-0.3, -0.25) is 0 Å². The Morgan fingerprint density at radius 1 is 1.18 bits per heavy atom. The molecule has 1 aliphatic heterocycles. The molecule has 1 unspecified atom stereocenters. The van der Waals surface area contributed by atoms with E-state index in [1.165, 1.54) is 34.8 Å². The van der Waals surface area contributed by atoms with Crippen molar-refractivity contribution in [1.82, 2.24) is 29.4 Å². The van der Waals surface area contributed by atoms with Gasteiger partial charge in [0, 0.05) is 46.8 Å². The Labute approximate surface area is 228 Å². The Balaban J connectivity index is 1.45. The lowest BCUT2D eigenvalue weighted by atomic mass is 10.1. The van der Waals surface area contributed by atoms with Gasteiger partial charge in [0.05, 0.1) is 11.7 Å². The van der Waals surface area contributed by atoms with Gasteiger partial charge in [-0.15, -0.1) is 5.10 Å². The third kappa shape index (κ3) is 4.54. The standard InChI is InChI=1S/C25H28FN9OS2/c1-6-18-21(33(5)22-29-20(19(13-27)37-22)15-7-9-16(26)10-8-15)35-23(28-18)38-24(30-35)34-12-11-17(14-34)32(4)25(36)31(2)3/h7-10,17H,6,11-12,14H2,1-5H3. The number of likely N-dealkylation sites (N-methyl/N-ethyl adjacent to an activating group) is 1. The number of anilines is 3. The molecule has 5 rings (SSSR count). The first-order valence-corrected chi connectivity index (χ1v) is 13.8. The Bertz CT molecular complexity index is 1520. The molecule has 10 nitrogen and oxygen atoms in total. The number of carbonyl (C=O) groups is 1. The van der Waals surface area contributed by atoms with E-state index in [0.717, 1.165) is 34.6 Å². The smallest absolute Gasteiger partial charge is 0.319 e. The maximum absolute atomic E-state index is 13.4. The first-order chi connectivity index (χ1) is 18.2. The summed E-state index contributed by atoms with van der Waals surface area (Å²) in [6.07, 6.45) is 1.57. The van der Waals surface area contributed by atoms with Crippen LogP contribution in [0.15, 0.2) is 24.3 Å². The number of nitriles is 1. The third-order valence-electron chi connectivity index (χ3n) is 6.68. The number of carbonyl (C=O) groups excluding carboxylic acids is 1. The molecular weight excluding hydrogens is 525 g/mol. The summed E-state index contributed by atoms with van der Waals surface area (Å²) in [6, 6.07) is 8.31. The number of thiazole rings is 1. The number of amides is 2. The zero-order valence-corrected chi connectivity index (χ0v) is 23.5. The molecule has 38 heavy (non-hydrogen) atoms. The molecule has 1 atom stereocenters. The molecule has 1 aliphatic rings. The second-order valence-electron chi connectivity index (χ2n) is 9.34. The van der Waals surface area contributed by atoms with Crippen molar-refractivity contribution in [3.8, 4) is 17.3 Å². The van der Waals surface area contributed by atoms with Gasteiger partial charge >= 0.3 is 6.03 Å². The maximum atomic E-state index is 13.4. The number of imidazole rings is 1. The predicted octanol–water partition coefficient (Wildman–Crippen LogP) is 4.45. The fourth-order valence-electron chi connectivity index (χ4n) is 4.60. The van der Waals surface area contributed by atoms with Crippen molar-refractivity contribution in [2.45, 2.75) is 25.8 Å². The molecule has 0 bridgehead atoms. The van der Waals surface area contributed by atoms with E-state index in [-0.39, 0.29) is 17.9 Å². The van der Waals surface area contributed by atoms with Gasteiger partial charge in [-0.05, 0) is 37.1 Å². The quantitative estimate of drug-likeness (QED) is 0.348. The Morgan fingerprint density at radius 3 is 2.58 bits per heavy atom. The first kappa shape index (κ1) is 25.9. The Hall–Kier alpha value is -3.76. The highest BCUT2D eigenvalue weighted by Gasteiger charge is 2.32. The van der Waals surface area contributed by atoms with Crippen LogP contribution in [0.4, 0.5) is 25.3 Å². The Morgan fingerprint density at radius 2 is 1.92 bits per heavy atom. The third-order valence-corrected chi connectivity index (χ3v) is 8.68. The van der Waals surface area contributed by atoms with Crippen molar-refractivity contribution < 1.29 is 9.18 Å². The van der Waals surface area contributed by atoms with Gasteiger partial charge < -0.3 is 19.6 Å². The van der Waals surface area contributed by atoms with Crippen LogP contribution in [-0.2, 0) is 6.42 Å².